The Morgan fingerprint density at radius 3 is 2.42 bits per heavy atom. The summed E-state index contributed by atoms with van der Waals surface area (Å²) < 4.78 is 15.9. The van der Waals surface area contributed by atoms with E-state index in [9.17, 15) is 4.39 Å². The van der Waals surface area contributed by atoms with Gasteiger partial charge in [0.25, 0.3) is 0 Å². The lowest BCUT2D eigenvalue weighted by atomic mass is 9.87. The molecule has 3 nitrogen and oxygen atoms in total. The molecule has 0 aliphatic rings. The zero-order valence-corrected chi connectivity index (χ0v) is 12.2. The first-order chi connectivity index (χ1) is 8.73. The van der Waals surface area contributed by atoms with Gasteiger partial charge in [-0.1, -0.05) is 26.8 Å². The molecule has 0 aliphatic heterocycles. The maximum absolute atomic E-state index is 13.9. The van der Waals surface area contributed by atoms with Crippen LogP contribution in [0.25, 0.3) is 11.0 Å². The van der Waals surface area contributed by atoms with E-state index in [2.05, 4.69) is 39.6 Å². The third-order valence-electron chi connectivity index (χ3n) is 3.43. The summed E-state index contributed by atoms with van der Waals surface area (Å²) in [5.41, 5.74) is 7.42. The van der Waals surface area contributed by atoms with E-state index in [1.165, 1.54) is 6.07 Å². The normalized spacial score (nSPS) is 14.3. The first-order valence-corrected chi connectivity index (χ1v) is 6.65. The molecule has 0 bridgehead atoms. The van der Waals surface area contributed by atoms with Crippen molar-refractivity contribution < 1.29 is 4.39 Å². The van der Waals surface area contributed by atoms with Gasteiger partial charge >= 0.3 is 0 Å². The number of hydrogen-bond acceptors (Lipinski definition) is 2. The fraction of sp³-hybridized carbons (Fsp3) is 0.533. The number of aromatic nitrogens is 2. The van der Waals surface area contributed by atoms with Crippen LogP contribution in [0.1, 0.15) is 52.5 Å². The Kier molecular flexibility index (Phi) is 3.39. The fourth-order valence-corrected chi connectivity index (χ4v) is 2.25. The molecule has 2 rings (SSSR count). The predicted molar refractivity (Wildman–Crippen MR) is 76.5 cm³/mol. The molecule has 2 N–H and O–H groups in total. The van der Waals surface area contributed by atoms with E-state index in [4.69, 9.17) is 5.73 Å². The summed E-state index contributed by atoms with van der Waals surface area (Å²) in [6.07, 6.45) is 0. The number of hydrogen-bond donors (Lipinski definition) is 1. The van der Waals surface area contributed by atoms with Gasteiger partial charge < -0.3 is 10.3 Å². The van der Waals surface area contributed by atoms with Crippen LogP contribution in [-0.2, 0) is 0 Å². The highest BCUT2D eigenvalue weighted by molar-refractivity contribution is 5.77. The summed E-state index contributed by atoms with van der Waals surface area (Å²) in [6, 6.07) is 5.00. The van der Waals surface area contributed by atoms with Crippen LogP contribution in [0.4, 0.5) is 4.39 Å². The Hall–Kier alpha value is -1.42. The van der Waals surface area contributed by atoms with Crippen molar-refractivity contribution in [3.8, 4) is 0 Å². The average molecular weight is 263 g/mol. The van der Waals surface area contributed by atoms with Crippen molar-refractivity contribution in [3.63, 3.8) is 0 Å². The van der Waals surface area contributed by atoms with E-state index < -0.39 is 0 Å². The molecule has 19 heavy (non-hydrogen) atoms. The van der Waals surface area contributed by atoms with Crippen molar-refractivity contribution >= 4 is 11.0 Å². The summed E-state index contributed by atoms with van der Waals surface area (Å²) in [5.74, 6) is 0.460. The Balaban J connectivity index is 2.74. The lowest BCUT2D eigenvalue weighted by Gasteiger charge is -2.28. The number of benzene rings is 1. The summed E-state index contributed by atoms with van der Waals surface area (Å²) in [4.78, 5) is 4.46. The molecule has 0 saturated carbocycles. The molecule has 104 valence electrons. The van der Waals surface area contributed by atoms with Gasteiger partial charge in [0.1, 0.15) is 11.3 Å². The number of para-hydroxylation sites is 1. The van der Waals surface area contributed by atoms with Crippen LogP contribution >= 0.6 is 0 Å². The number of fused-ring (bicyclic) bond motifs is 1. The van der Waals surface area contributed by atoms with E-state index in [1.807, 2.05) is 10.6 Å². The smallest absolute Gasteiger partial charge is 0.151 e. The van der Waals surface area contributed by atoms with Gasteiger partial charge in [0.05, 0.1) is 11.6 Å². The molecule has 1 heterocycles. The maximum Gasteiger partial charge on any atom is 0.151 e. The summed E-state index contributed by atoms with van der Waals surface area (Å²) in [6.45, 7) is 10.3. The van der Waals surface area contributed by atoms with Crippen molar-refractivity contribution in [2.45, 2.75) is 46.7 Å². The van der Waals surface area contributed by atoms with Crippen LogP contribution in [0.3, 0.4) is 0 Å². The minimum atomic E-state index is -0.292. The van der Waals surface area contributed by atoms with E-state index in [0.717, 1.165) is 11.3 Å². The van der Waals surface area contributed by atoms with Crippen molar-refractivity contribution in [2.24, 2.45) is 11.1 Å². The van der Waals surface area contributed by atoms with E-state index in [1.54, 1.807) is 6.07 Å². The Morgan fingerprint density at radius 1 is 1.26 bits per heavy atom. The molecule has 0 aliphatic carbocycles. The van der Waals surface area contributed by atoms with Crippen LogP contribution < -0.4 is 5.73 Å². The largest absolute Gasteiger partial charge is 0.324 e. The minimum Gasteiger partial charge on any atom is -0.324 e. The monoisotopic (exact) mass is 263 g/mol. The molecule has 0 amide bonds. The maximum atomic E-state index is 13.9. The van der Waals surface area contributed by atoms with Crippen LogP contribution in [0.5, 0.6) is 0 Å². The van der Waals surface area contributed by atoms with Gasteiger partial charge in [0.2, 0.25) is 0 Å². The lowest BCUT2D eigenvalue weighted by Crippen LogP contribution is -2.29. The highest BCUT2D eigenvalue weighted by atomic mass is 19.1. The molecule has 0 radical (unpaired) electrons. The number of imidazole rings is 1. The van der Waals surface area contributed by atoms with Crippen LogP contribution in [0.2, 0.25) is 0 Å². The second-order valence-electron chi connectivity index (χ2n) is 6.39. The van der Waals surface area contributed by atoms with Gasteiger partial charge in [-0.15, -0.1) is 0 Å². The second kappa shape index (κ2) is 4.60. The van der Waals surface area contributed by atoms with Crippen LogP contribution in [0.15, 0.2) is 18.2 Å². The first-order valence-electron chi connectivity index (χ1n) is 6.65. The van der Waals surface area contributed by atoms with Gasteiger partial charge in [-0.25, -0.2) is 9.37 Å². The van der Waals surface area contributed by atoms with Crippen molar-refractivity contribution in [1.29, 1.82) is 0 Å². The second-order valence-corrected chi connectivity index (χ2v) is 6.39. The quantitative estimate of drug-likeness (QED) is 0.895. The van der Waals surface area contributed by atoms with Crippen molar-refractivity contribution in [2.75, 3.05) is 0 Å². The first kappa shape index (κ1) is 14.0. The Bertz CT molecular complexity index is 593. The molecular formula is C15H22FN3. The number of nitrogens with zero attached hydrogens (tertiary/aromatic N) is 2. The van der Waals surface area contributed by atoms with E-state index >= 15 is 0 Å². The van der Waals surface area contributed by atoms with Gasteiger partial charge in [-0.05, 0) is 31.4 Å². The highest BCUT2D eigenvalue weighted by Gasteiger charge is 2.29. The zero-order chi connectivity index (χ0) is 14.4. The minimum absolute atomic E-state index is 0.121. The van der Waals surface area contributed by atoms with E-state index in [-0.39, 0.29) is 23.3 Å². The van der Waals surface area contributed by atoms with E-state index in [0.29, 0.717) is 5.52 Å². The summed E-state index contributed by atoms with van der Waals surface area (Å²) in [7, 11) is 0. The Labute approximate surface area is 113 Å². The number of halogens is 1. The molecule has 0 spiro atoms. The molecule has 2 aromatic rings. The molecular weight excluding hydrogens is 241 g/mol. The van der Waals surface area contributed by atoms with Crippen LogP contribution in [-0.4, -0.2) is 9.55 Å². The standard InChI is InChI=1S/C15H22FN3/c1-9(2)19-11-8-6-7-10(16)12(11)18-14(19)13(17)15(3,4)5/h6-9,13H,17H2,1-5H3. The molecule has 1 atom stereocenters. The molecule has 0 saturated heterocycles. The molecule has 0 fully saturated rings. The molecule has 1 aromatic heterocycles. The topological polar surface area (TPSA) is 43.8 Å². The number of nitrogens with two attached hydrogens (primary N) is 1. The van der Waals surface area contributed by atoms with Crippen molar-refractivity contribution in [1.82, 2.24) is 9.55 Å². The summed E-state index contributed by atoms with van der Waals surface area (Å²) in [5, 5.41) is 0. The van der Waals surface area contributed by atoms with Gasteiger partial charge in [-0.3, -0.25) is 0 Å². The van der Waals surface area contributed by atoms with Gasteiger partial charge in [-0.2, -0.15) is 0 Å². The van der Waals surface area contributed by atoms with Gasteiger partial charge in [0.15, 0.2) is 5.82 Å². The average Bonchev–Trinajstić information content (AvgIpc) is 2.67. The predicted octanol–water partition coefficient (Wildman–Crippen LogP) is 3.80. The fourth-order valence-electron chi connectivity index (χ4n) is 2.25. The molecule has 1 unspecified atom stereocenters. The Morgan fingerprint density at radius 2 is 1.89 bits per heavy atom. The van der Waals surface area contributed by atoms with Gasteiger partial charge in [0, 0.05) is 6.04 Å². The SMILES string of the molecule is CC(C)n1c(C(N)C(C)(C)C)nc2c(F)cccc21. The summed E-state index contributed by atoms with van der Waals surface area (Å²) >= 11 is 0. The lowest BCUT2D eigenvalue weighted by molar-refractivity contribution is 0.305. The third-order valence-corrected chi connectivity index (χ3v) is 3.43. The van der Waals surface area contributed by atoms with Crippen molar-refractivity contribution in [3.05, 3.63) is 29.8 Å². The zero-order valence-electron chi connectivity index (χ0n) is 12.2. The van der Waals surface area contributed by atoms with Crippen LogP contribution in [0, 0.1) is 11.2 Å². The highest BCUT2D eigenvalue weighted by Crippen LogP contribution is 2.34. The molecule has 1 aromatic carbocycles. The third kappa shape index (κ3) is 2.37. The molecule has 4 heteroatoms. The number of rotatable bonds is 2.